The standard InChI is InChI=1S/C26H23FN4O2/c1-30(2)12-13-31-22-10-9-20(27)14-21(22)24(19-6-4-3-5-7-19)25(26(31)33)23(32)11-8-18-15-28-17-29-16-18/h3-11,14-17H,12-13H2,1-2H3/b11-8+. The number of hydrogen-bond donors (Lipinski definition) is 0. The van der Waals surface area contributed by atoms with Gasteiger partial charge in [0.25, 0.3) is 5.56 Å². The summed E-state index contributed by atoms with van der Waals surface area (Å²) in [5.74, 6) is -0.902. The molecule has 0 aliphatic heterocycles. The van der Waals surface area contributed by atoms with E-state index in [2.05, 4.69) is 9.97 Å². The van der Waals surface area contributed by atoms with Crippen molar-refractivity contribution < 1.29 is 9.18 Å². The summed E-state index contributed by atoms with van der Waals surface area (Å²) in [7, 11) is 3.81. The summed E-state index contributed by atoms with van der Waals surface area (Å²) in [6.45, 7) is 0.946. The highest BCUT2D eigenvalue weighted by molar-refractivity contribution is 6.15. The molecule has 0 aliphatic carbocycles. The summed E-state index contributed by atoms with van der Waals surface area (Å²) < 4.78 is 15.9. The number of allylic oxidation sites excluding steroid dienone is 1. The quantitative estimate of drug-likeness (QED) is 0.319. The molecule has 0 atom stereocenters. The number of pyridine rings is 1. The molecule has 0 bridgehead atoms. The third kappa shape index (κ3) is 4.78. The third-order valence-electron chi connectivity index (χ3n) is 5.32. The molecular weight excluding hydrogens is 419 g/mol. The molecule has 4 aromatic rings. The van der Waals surface area contributed by atoms with Gasteiger partial charge in [0.2, 0.25) is 0 Å². The number of hydrogen-bond acceptors (Lipinski definition) is 5. The summed E-state index contributed by atoms with van der Waals surface area (Å²) in [6, 6.07) is 13.4. The average Bonchev–Trinajstić information content (AvgIpc) is 2.82. The van der Waals surface area contributed by atoms with Crippen molar-refractivity contribution in [2.24, 2.45) is 0 Å². The van der Waals surface area contributed by atoms with Crippen molar-refractivity contribution in [1.29, 1.82) is 0 Å². The van der Waals surface area contributed by atoms with E-state index in [-0.39, 0.29) is 5.56 Å². The molecule has 33 heavy (non-hydrogen) atoms. The number of carbonyl (C=O) groups is 1. The first kappa shape index (κ1) is 22.2. The minimum Gasteiger partial charge on any atom is -0.308 e. The molecule has 2 heterocycles. The molecule has 0 saturated carbocycles. The maximum Gasteiger partial charge on any atom is 0.262 e. The van der Waals surface area contributed by atoms with E-state index >= 15 is 0 Å². The Morgan fingerprint density at radius 3 is 2.52 bits per heavy atom. The van der Waals surface area contributed by atoms with Gasteiger partial charge in [-0.2, -0.15) is 0 Å². The monoisotopic (exact) mass is 442 g/mol. The first-order valence-corrected chi connectivity index (χ1v) is 10.5. The fourth-order valence-corrected chi connectivity index (χ4v) is 3.74. The number of aromatic nitrogens is 3. The zero-order valence-corrected chi connectivity index (χ0v) is 18.4. The van der Waals surface area contributed by atoms with E-state index in [0.29, 0.717) is 40.7 Å². The van der Waals surface area contributed by atoms with E-state index in [1.54, 1.807) is 29.1 Å². The Bertz CT molecular complexity index is 1380. The van der Waals surface area contributed by atoms with Gasteiger partial charge in [-0.3, -0.25) is 9.59 Å². The highest BCUT2D eigenvalue weighted by Gasteiger charge is 2.22. The van der Waals surface area contributed by atoms with Crippen LogP contribution in [0.3, 0.4) is 0 Å². The molecule has 4 rings (SSSR count). The molecular formula is C26H23FN4O2. The lowest BCUT2D eigenvalue weighted by atomic mass is 9.93. The lowest BCUT2D eigenvalue weighted by Crippen LogP contribution is -2.31. The molecule has 0 fully saturated rings. The van der Waals surface area contributed by atoms with E-state index in [1.807, 2.05) is 49.3 Å². The minimum atomic E-state index is -0.465. The number of fused-ring (bicyclic) bond motifs is 1. The molecule has 7 heteroatoms. The largest absolute Gasteiger partial charge is 0.308 e. The third-order valence-corrected chi connectivity index (χ3v) is 5.32. The topological polar surface area (TPSA) is 68.1 Å². The number of likely N-dealkylation sites (N-methyl/N-ethyl adjacent to an activating group) is 1. The maximum atomic E-state index is 14.4. The molecule has 0 N–H and O–H groups in total. The van der Waals surface area contributed by atoms with Gasteiger partial charge in [0.05, 0.1) is 11.1 Å². The van der Waals surface area contributed by atoms with E-state index in [0.717, 1.165) is 0 Å². The fourth-order valence-electron chi connectivity index (χ4n) is 3.74. The van der Waals surface area contributed by atoms with Crippen molar-refractivity contribution in [3.63, 3.8) is 0 Å². The van der Waals surface area contributed by atoms with Crippen LogP contribution in [0.2, 0.25) is 0 Å². The lowest BCUT2D eigenvalue weighted by molar-refractivity contribution is 0.104. The number of nitrogens with zero attached hydrogens (tertiary/aromatic N) is 4. The first-order valence-electron chi connectivity index (χ1n) is 10.5. The molecule has 0 saturated heterocycles. The zero-order valence-electron chi connectivity index (χ0n) is 18.4. The predicted octanol–water partition coefficient (Wildman–Crippen LogP) is 4.06. The summed E-state index contributed by atoms with van der Waals surface area (Å²) >= 11 is 0. The summed E-state index contributed by atoms with van der Waals surface area (Å²) in [6.07, 6.45) is 7.44. The maximum absolute atomic E-state index is 14.4. The van der Waals surface area contributed by atoms with Crippen LogP contribution < -0.4 is 5.56 Å². The van der Waals surface area contributed by atoms with Crippen molar-refractivity contribution >= 4 is 22.8 Å². The summed E-state index contributed by atoms with van der Waals surface area (Å²) in [4.78, 5) is 36.9. The van der Waals surface area contributed by atoms with Gasteiger partial charge in [-0.25, -0.2) is 14.4 Å². The van der Waals surface area contributed by atoms with Crippen molar-refractivity contribution in [2.45, 2.75) is 6.54 Å². The van der Waals surface area contributed by atoms with Gasteiger partial charge in [-0.1, -0.05) is 30.3 Å². The van der Waals surface area contributed by atoms with Gasteiger partial charge < -0.3 is 9.47 Å². The molecule has 0 spiro atoms. The molecule has 2 aromatic carbocycles. The summed E-state index contributed by atoms with van der Waals surface area (Å²) in [5.41, 5.74) is 1.91. The fraction of sp³-hybridized carbons (Fsp3) is 0.154. The van der Waals surface area contributed by atoms with Crippen LogP contribution in [0.4, 0.5) is 4.39 Å². The number of halogens is 1. The Morgan fingerprint density at radius 2 is 1.82 bits per heavy atom. The Labute approximate surface area is 190 Å². The number of benzene rings is 2. The highest BCUT2D eigenvalue weighted by Crippen LogP contribution is 2.31. The summed E-state index contributed by atoms with van der Waals surface area (Å²) in [5, 5.41) is 0.513. The van der Waals surface area contributed by atoms with Crippen molar-refractivity contribution in [2.75, 3.05) is 20.6 Å². The van der Waals surface area contributed by atoms with Crippen LogP contribution in [-0.2, 0) is 6.54 Å². The second-order valence-electron chi connectivity index (χ2n) is 7.91. The molecule has 0 unspecified atom stereocenters. The molecule has 0 radical (unpaired) electrons. The molecule has 0 amide bonds. The van der Waals surface area contributed by atoms with E-state index in [9.17, 15) is 14.0 Å². The van der Waals surface area contributed by atoms with Gasteiger partial charge in [-0.15, -0.1) is 0 Å². The normalized spacial score (nSPS) is 11.5. The van der Waals surface area contributed by atoms with Gasteiger partial charge in [0.15, 0.2) is 5.78 Å². The van der Waals surface area contributed by atoms with Crippen molar-refractivity contribution in [1.82, 2.24) is 19.4 Å². The molecule has 0 aliphatic rings. The van der Waals surface area contributed by atoms with Gasteiger partial charge in [0, 0.05) is 42.0 Å². The Kier molecular flexibility index (Phi) is 6.51. The minimum absolute atomic E-state index is 0.00570. The molecule has 2 aromatic heterocycles. The molecule has 6 nitrogen and oxygen atoms in total. The lowest BCUT2D eigenvalue weighted by Gasteiger charge is -2.19. The van der Waals surface area contributed by atoms with Crippen LogP contribution in [0, 0.1) is 5.82 Å². The number of rotatable bonds is 7. The van der Waals surface area contributed by atoms with Crippen LogP contribution in [0.1, 0.15) is 15.9 Å². The van der Waals surface area contributed by atoms with Crippen LogP contribution in [0.15, 0.2) is 78.1 Å². The van der Waals surface area contributed by atoms with E-state index in [4.69, 9.17) is 0 Å². The SMILES string of the molecule is CN(C)CCn1c(=O)c(C(=O)/C=C/c2cncnc2)c(-c2ccccc2)c2cc(F)ccc21. The van der Waals surface area contributed by atoms with E-state index in [1.165, 1.54) is 24.5 Å². The number of ketones is 1. The van der Waals surface area contributed by atoms with Gasteiger partial charge in [0.1, 0.15) is 12.1 Å². The van der Waals surface area contributed by atoms with Crippen molar-refractivity contribution in [3.05, 3.63) is 101 Å². The van der Waals surface area contributed by atoms with Crippen LogP contribution in [-0.4, -0.2) is 45.9 Å². The molecule has 166 valence electrons. The predicted molar refractivity (Wildman–Crippen MR) is 128 cm³/mol. The van der Waals surface area contributed by atoms with Gasteiger partial charge in [-0.05, 0) is 50.0 Å². The first-order chi connectivity index (χ1) is 16.0. The highest BCUT2D eigenvalue weighted by atomic mass is 19.1. The Morgan fingerprint density at radius 1 is 1.09 bits per heavy atom. The smallest absolute Gasteiger partial charge is 0.262 e. The van der Waals surface area contributed by atoms with Crippen LogP contribution in [0.25, 0.3) is 28.1 Å². The Balaban J connectivity index is 2.00. The Hall–Kier alpha value is -3.97. The van der Waals surface area contributed by atoms with Gasteiger partial charge >= 0.3 is 0 Å². The van der Waals surface area contributed by atoms with Crippen LogP contribution >= 0.6 is 0 Å². The average molecular weight is 442 g/mol. The second kappa shape index (κ2) is 9.67. The second-order valence-corrected chi connectivity index (χ2v) is 7.91. The van der Waals surface area contributed by atoms with Crippen LogP contribution in [0.5, 0.6) is 0 Å². The van der Waals surface area contributed by atoms with Crippen molar-refractivity contribution in [3.8, 4) is 11.1 Å². The number of carbonyl (C=O) groups excluding carboxylic acids is 1. The van der Waals surface area contributed by atoms with E-state index < -0.39 is 17.2 Å². The zero-order chi connectivity index (χ0) is 23.4.